The van der Waals surface area contributed by atoms with Gasteiger partial charge in [0.1, 0.15) is 11.3 Å². The summed E-state index contributed by atoms with van der Waals surface area (Å²) in [4.78, 5) is 23.1. The molecule has 0 aliphatic rings. The molecule has 0 radical (unpaired) electrons. The van der Waals surface area contributed by atoms with Crippen molar-refractivity contribution >= 4 is 23.5 Å². The van der Waals surface area contributed by atoms with Crippen LogP contribution in [-0.4, -0.2) is 24.1 Å². The van der Waals surface area contributed by atoms with Crippen molar-refractivity contribution in [2.75, 3.05) is 12.4 Å². The van der Waals surface area contributed by atoms with Crippen LogP contribution in [0.4, 0.5) is 0 Å². The van der Waals surface area contributed by atoms with Gasteiger partial charge >= 0.3 is 5.97 Å². The first-order valence-electron chi connectivity index (χ1n) is 6.48. The molecular weight excluding hydrogens is 264 g/mol. The summed E-state index contributed by atoms with van der Waals surface area (Å²) >= 11 is 1.69. The number of esters is 1. The molecule has 0 amide bonds. The Kier molecular flexibility index (Phi) is 6.70. The molecule has 1 aromatic heterocycles. The molecule has 0 atom stereocenters. The normalized spacial score (nSPS) is 10.5. The summed E-state index contributed by atoms with van der Waals surface area (Å²) in [5.41, 5.74) is 0.371. The van der Waals surface area contributed by atoms with Crippen molar-refractivity contribution < 1.29 is 18.7 Å². The molecule has 0 fully saturated rings. The van der Waals surface area contributed by atoms with Gasteiger partial charge in [-0.3, -0.25) is 4.79 Å². The van der Waals surface area contributed by atoms with Gasteiger partial charge in [0.25, 0.3) is 0 Å². The van der Waals surface area contributed by atoms with E-state index >= 15 is 0 Å². The number of ether oxygens (including phenoxy) is 1. The Morgan fingerprint density at radius 3 is 2.68 bits per heavy atom. The Morgan fingerprint density at radius 2 is 2.11 bits per heavy atom. The van der Waals surface area contributed by atoms with Crippen molar-refractivity contribution in [2.45, 2.75) is 39.4 Å². The Bertz CT molecular complexity index is 437. The third-order valence-electron chi connectivity index (χ3n) is 2.53. The zero-order chi connectivity index (χ0) is 14.3. The van der Waals surface area contributed by atoms with Crippen molar-refractivity contribution in [3.8, 4) is 0 Å². The van der Waals surface area contributed by atoms with E-state index in [4.69, 9.17) is 9.15 Å². The Hall–Kier alpha value is -1.23. The molecule has 5 heteroatoms. The fourth-order valence-electron chi connectivity index (χ4n) is 1.50. The minimum absolute atomic E-state index is 0.185. The number of rotatable bonds is 8. The average Bonchev–Trinajstić information content (AvgIpc) is 2.79. The maximum atomic E-state index is 11.8. The summed E-state index contributed by atoms with van der Waals surface area (Å²) in [6, 6.07) is 1.48. The standard InChI is InChI=1S/C14H20O4S/c1-4-6-7-19-9-13-11(14(16)17-5-2)8-12(18-13)10(3)15/h8H,4-7,9H2,1-3H3. The average molecular weight is 284 g/mol. The fourth-order valence-corrected chi connectivity index (χ4v) is 2.54. The van der Waals surface area contributed by atoms with E-state index in [-0.39, 0.29) is 11.5 Å². The van der Waals surface area contributed by atoms with E-state index in [2.05, 4.69) is 6.92 Å². The minimum Gasteiger partial charge on any atom is -0.462 e. The Labute approximate surface area is 117 Å². The van der Waals surface area contributed by atoms with E-state index in [0.29, 0.717) is 23.7 Å². The smallest absolute Gasteiger partial charge is 0.341 e. The number of carbonyl (C=O) groups excluding carboxylic acids is 2. The van der Waals surface area contributed by atoms with Gasteiger partial charge in [-0.1, -0.05) is 13.3 Å². The zero-order valence-electron chi connectivity index (χ0n) is 11.7. The van der Waals surface area contributed by atoms with Gasteiger partial charge in [-0.15, -0.1) is 0 Å². The van der Waals surface area contributed by atoms with Crippen LogP contribution < -0.4 is 0 Å². The number of Topliss-reactive ketones (excluding diaryl/α,β-unsaturated/α-hetero) is 1. The molecule has 19 heavy (non-hydrogen) atoms. The molecule has 0 spiro atoms. The second kappa shape index (κ2) is 8.04. The summed E-state index contributed by atoms with van der Waals surface area (Å²) in [6.07, 6.45) is 2.26. The first-order valence-corrected chi connectivity index (χ1v) is 7.64. The van der Waals surface area contributed by atoms with E-state index in [1.165, 1.54) is 13.0 Å². The molecule has 0 saturated heterocycles. The van der Waals surface area contributed by atoms with E-state index in [1.54, 1.807) is 18.7 Å². The number of carbonyl (C=O) groups is 2. The monoisotopic (exact) mass is 284 g/mol. The second-order valence-electron chi connectivity index (χ2n) is 4.13. The van der Waals surface area contributed by atoms with Crippen LogP contribution in [0.5, 0.6) is 0 Å². The predicted molar refractivity (Wildman–Crippen MR) is 75.7 cm³/mol. The van der Waals surface area contributed by atoms with Crippen LogP contribution in [-0.2, 0) is 10.5 Å². The molecule has 0 aromatic carbocycles. The lowest BCUT2D eigenvalue weighted by Gasteiger charge is -2.02. The van der Waals surface area contributed by atoms with Crippen molar-refractivity contribution in [3.05, 3.63) is 23.2 Å². The molecule has 0 unspecified atom stereocenters. The molecular formula is C14H20O4S. The molecule has 4 nitrogen and oxygen atoms in total. The third kappa shape index (κ3) is 4.74. The molecule has 1 heterocycles. The number of unbranched alkanes of at least 4 members (excludes halogenated alkanes) is 1. The van der Waals surface area contributed by atoms with Gasteiger partial charge in [0.05, 0.1) is 12.4 Å². The largest absolute Gasteiger partial charge is 0.462 e. The molecule has 0 bridgehead atoms. The van der Waals surface area contributed by atoms with E-state index in [1.807, 2.05) is 0 Å². The second-order valence-corrected chi connectivity index (χ2v) is 5.24. The lowest BCUT2D eigenvalue weighted by Crippen LogP contribution is -2.05. The predicted octanol–water partition coefficient (Wildman–Crippen LogP) is 3.69. The van der Waals surface area contributed by atoms with Gasteiger partial charge in [-0.2, -0.15) is 11.8 Å². The molecule has 0 saturated carbocycles. The number of hydrogen-bond donors (Lipinski definition) is 0. The maximum Gasteiger partial charge on any atom is 0.341 e. The van der Waals surface area contributed by atoms with Crippen LogP contribution in [0.3, 0.4) is 0 Å². The highest BCUT2D eigenvalue weighted by Crippen LogP contribution is 2.23. The SMILES string of the molecule is CCCCSCc1oc(C(C)=O)cc1C(=O)OCC. The van der Waals surface area contributed by atoms with Crippen LogP contribution in [0.25, 0.3) is 0 Å². The van der Waals surface area contributed by atoms with Crippen LogP contribution in [0.2, 0.25) is 0 Å². The van der Waals surface area contributed by atoms with Gasteiger partial charge in [0.2, 0.25) is 0 Å². The van der Waals surface area contributed by atoms with E-state index in [9.17, 15) is 9.59 Å². The summed E-state index contributed by atoms with van der Waals surface area (Å²) < 4.78 is 10.4. The quantitative estimate of drug-likeness (QED) is 0.414. The summed E-state index contributed by atoms with van der Waals surface area (Å²) in [5, 5.41) is 0. The van der Waals surface area contributed by atoms with Crippen LogP contribution >= 0.6 is 11.8 Å². The van der Waals surface area contributed by atoms with Gasteiger partial charge in [0.15, 0.2) is 11.5 Å². The van der Waals surface area contributed by atoms with Gasteiger partial charge in [-0.05, 0) is 19.1 Å². The maximum absolute atomic E-state index is 11.8. The molecule has 0 N–H and O–H groups in total. The van der Waals surface area contributed by atoms with Crippen molar-refractivity contribution in [1.82, 2.24) is 0 Å². The Morgan fingerprint density at radius 1 is 1.37 bits per heavy atom. The highest BCUT2D eigenvalue weighted by atomic mass is 32.2. The lowest BCUT2D eigenvalue weighted by atomic mass is 10.2. The topological polar surface area (TPSA) is 56.5 Å². The molecule has 0 aliphatic heterocycles. The summed E-state index contributed by atoms with van der Waals surface area (Å²) in [5.74, 6) is 1.73. The molecule has 106 valence electrons. The van der Waals surface area contributed by atoms with Gasteiger partial charge < -0.3 is 9.15 Å². The lowest BCUT2D eigenvalue weighted by molar-refractivity contribution is 0.0524. The summed E-state index contributed by atoms with van der Waals surface area (Å²) in [6.45, 7) is 5.61. The van der Waals surface area contributed by atoms with Crippen LogP contribution in [0, 0.1) is 0 Å². The van der Waals surface area contributed by atoms with Crippen LogP contribution in [0.15, 0.2) is 10.5 Å². The molecule has 1 aromatic rings. The zero-order valence-corrected chi connectivity index (χ0v) is 12.5. The highest BCUT2D eigenvalue weighted by molar-refractivity contribution is 7.98. The highest BCUT2D eigenvalue weighted by Gasteiger charge is 2.20. The molecule has 0 aliphatic carbocycles. The number of ketones is 1. The van der Waals surface area contributed by atoms with Crippen molar-refractivity contribution in [1.29, 1.82) is 0 Å². The third-order valence-corrected chi connectivity index (χ3v) is 3.57. The number of hydrogen-bond acceptors (Lipinski definition) is 5. The van der Waals surface area contributed by atoms with Gasteiger partial charge in [-0.25, -0.2) is 4.79 Å². The number of furan rings is 1. The van der Waals surface area contributed by atoms with Crippen LogP contribution in [0.1, 0.15) is 60.3 Å². The van der Waals surface area contributed by atoms with E-state index < -0.39 is 5.97 Å². The minimum atomic E-state index is -0.426. The first kappa shape index (κ1) is 15.8. The first-order chi connectivity index (χ1) is 9.10. The van der Waals surface area contributed by atoms with E-state index in [0.717, 1.165) is 18.6 Å². The molecule has 1 rings (SSSR count). The fraction of sp³-hybridized carbons (Fsp3) is 0.571. The number of thioether (sulfide) groups is 1. The van der Waals surface area contributed by atoms with Crippen molar-refractivity contribution in [2.24, 2.45) is 0 Å². The van der Waals surface area contributed by atoms with Gasteiger partial charge in [0, 0.05) is 13.0 Å². The Balaban J connectivity index is 2.80. The summed E-state index contributed by atoms with van der Waals surface area (Å²) in [7, 11) is 0. The van der Waals surface area contributed by atoms with Crippen molar-refractivity contribution in [3.63, 3.8) is 0 Å².